The zero-order valence-corrected chi connectivity index (χ0v) is 9.83. The number of allylic oxidation sites excluding steroid dienone is 2. The van der Waals surface area contributed by atoms with Gasteiger partial charge in [-0.25, -0.2) is 0 Å². The van der Waals surface area contributed by atoms with Crippen LogP contribution in [0.1, 0.15) is 26.2 Å². The molecule has 0 aromatic rings. The quantitative estimate of drug-likeness (QED) is 0.649. The van der Waals surface area contributed by atoms with Crippen molar-refractivity contribution >= 4 is 5.91 Å². The molecule has 2 nitrogen and oxygen atoms in total. The largest absolute Gasteiger partial charge is 0.345 e. The van der Waals surface area contributed by atoms with Gasteiger partial charge in [-0.15, -0.1) is 13.2 Å². The number of hydrogen-bond acceptors (Lipinski definition) is 1. The number of likely N-dealkylation sites (tertiary alicyclic amines) is 1. The van der Waals surface area contributed by atoms with E-state index in [1.165, 1.54) is 0 Å². The summed E-state index contributed by atoms with van der Waals surface area (Å²) in [4.78, 5) is 14.0. The van der Waals surface area contributed by atoms with E-state index >= 15 is 0 Å². The highest BCUT2D eigenvalue weighted by Crippen LogP contribution is 2.41. The fourth-order valence-corrected chi connectivity index (χ4v) is 2.51. The standard InChI is InChI=1S/C13H21NO/c1-5-7-11-8-10-14(4)12(15)13(11,3)9-6-2/h5-6,11H,1-2,7-10H2,3-4H3. The fourth-order valence-electron chi connectivity index (χ4n) is 2.51. The van der Waals surface area contributed by atoms with Gasteiger partial charge < -0.3 is 4.90 Å². The lowest BCUT2D eigenvalue weighted by Crippen LogP contribution is -2.50. The predicted octanol–water partition coefficient (Wildman–Crippen LogP) is 2.62. The third-order valence-electron chi connectivity index (χ3n) is 3.57. The van der Waals surface area contributed by atoms with Gasteiger partial charge in [-0.2, -0.15) is 0 Å². The fraction of sp³-hybridized carbons (Fsp3) is 0.615. The summed E-state index contributed by atoms with van der Waals surface area (Å²) in [7, 11) is 1.88. The summed E-state index contributed by atoms with van der Waals surface area (Å²) in [5.41, 5.74) is -0.275. The molecular formula is C13H21NO. The van der Waals surface area contributed by atoms with Crippen molar-refractivity contribution in [1.82, 2.24) is 4.90 Å². The first-order valence-corrected chi connectivity index (χ1v) is 5.53. The van der Waals surface area contributed by atoms with E-state index in [4.69, 9.17) is 0 Å². The molecule has 0 aromatic carbocycles. The van der Waals surface area contributed by atoms with E-state index in [-0.39, 0.29) is 11.3 Å². The number of hydrogen-bond donors (Lipinski definition) is 0. The maximum atomic E-state index is 12.2. The second-order valence-electron chi connectivity index (χ2n) is 4.65. The van der Waals surface area contributed by atoms with E-state index in [9.17, 15) is 4.79 Å². The van der Waals surface area contributed by atoms with Crippen molar-refractivity contribution in [3.63, 3.8) is 0 Å². The normalized spacial score (nSPS) is 31.5. The summed E-state index contributed by atoms with van der Waals surface area (Å²) in [6.07, 6.45) is 6.52. The van der Waals surface area contributed by atoms with Gasteiger partial charge >= 0.3 is 0 Å². The maximum Gasteiger partial charge on any atom is 0.228 e. The minimum absolute atomic E-state index is 0.250. The van der Waals surface area contributed by atoms with Crippen LogP contribution in [0.15, 0.2) is 25.3 Å². The van der Waals surface area contributed by atoms with Gasteiger partial charge in [0.15, 0.2) is 0 Å². The van der Waals surface area contributed by atoms with Crippen LogP contribution in [-0.2, 0) is 4.79 Å². The van der Waals surface area contributed by atoms with Gasteiger partial charge in [0, 0.05) is 13.6 Å². The van der Waals surface area contributed by atoms with Crippen LogP contribution in [-0.4, -0.2) is 24.4 Å². The monoisotopic (exact) mass is 207 g/mol. The number of carbonyl (C=O) groups is 1. The van der Waals surface area contributed by atoms with Gasteiger partial charge in [-0.05, 0) is 25.2 Å². The zero-order chi connectivity index (χ0) is 11.5. The molecule has 1 rings (SSSR count). The van der Waals surface area contributed by atoms with Crippen LogP contribution in [0.5, 0.6) is 0 Å². The van der Waals surface area contributed by atoms with Crippen LogP contribution < -0.4 is 0 Å². The van der Waals surface area contributed by atoms with Crippen molar-refractivity contribution in [2.45, 2.75) is 26.2 Å². The van der Waals surface area contributed by atoms with E-state index in [0.29, 0.717) is 5.92 Å². The summed E-state index contributed by atoms with van der Waals surface area (Å²) in [5, 5.41) is 0. The molecule has 0 N–H and O–H groups in total. The number of nitrogens with zero attached hydrogens (tertiary/aromatic N) is 1. The first-order chi connectivity index (χ1) is 7.06. The number of piperidine rings is 1. The molecule has 1 fully saturated rings. The molecule has 84 valence electrons. The average Bonchev–Trinajstić information content (AvgIpc) is 2.20. The Labute approximate surface area is 92.7 Å². The highest BCUT2D eigenvalue weighted by molar-refractivity contribution is 5.83. The number of rotatable bonds is 4. The Balaban J connectivity index is 2.92. The Morgan fingerprint density at radius 1 is 1.53 bits per heavy atom. The second-order valence-corrected chi connectivity index (χ2v) is 4.65. The molecule has 1 heterocycles. The molecule has 2 heteroatoms. The third kappa shape index (κ3) is 2.14. The van der Waals surface area contributed by atoms with Crippen molar-refractivity contribution < 1.29 is 4.79 Å². The summed E-state index contributed by atoms with van der Waals surface area (Å²) < 4.78 is 0. The predicted molar refractivity (Wildman–Crippen MR) is 63.5 cm³/mol. The Morgan fingerprint density at radius 2 is 2.20 bits per heavy atom. The smallest absolute Gasteiger partial charge is 0.228 e. The van der Waals surface area contributed by atoms with Crippen LogP contribution in [0, 0.1) is 11.3 Å². The molecule has 1 saturated heterocycles. The van der Waals surface area contributed by atoms with Gasteiger partial charge in [0.05, 0.1) is 5.41 Å². The highest BCUT2D eigenvalue weighted by atomic mass is 16.2. The molecule has 0 saturated carbocycles. The third-order valence-corrected chi connectivity index (χ3v) is 3.57. The molecule has 1 aliphatic heterocycles. The summed E-state index contributed by atoms with van der Waals surface area (Å²) in [5.74, 6) is 0.664. The molecule has 2 atom stereocenters. The van der Waals surface area contributed by atoms with E-state index in [0.717, 1.165) is 25.8 Å². The van der Waals surface area contributed by atoms with Gasteiger partial charge in [0.2, 0.25) is 5.91 Å². The first-order valence-electron chi connectivity index (χ1n) is 5.53. The molecular weight excluding hydrogens is 186 g/mol. The summed E-state index contributed by atoms with van der Waals surface area (Å²) in [6, 6.07) is 0. The minimum atomic E-state index is -0.275. The topological polar surface area (TPSA) is 20.3 Å². The molecule has 0 aromatic heterocycles. The molecule has 0 bridgehead atoms. The molecule has 1 amide bonds. The van der Waals surface area contributed by atoms with Crippen LogP contribution in [0.4, 0.5) is 0 Å². The zero-order valence-electron chi connectivity index (χ0n) is 9.83. The molecule has 0 radical (unpaired) electrons. The van der Waals surface area contributed by atoms with Gasteiger partial charge in [-0.1, -0.05) is 19.1 Å². The van der Waals surface area contributed by atoms with Gasteiger partial charge in [0.25, 0.3) is 0 Å². The number of carbonyl (C=O) groups excluding carboxylic acids is 1. The van der Waals surface area contributed by atoms with Crippen molar-refractivity contribution in [2.75, 3.05) is 13.6 Å². The Morgan fingerprint density at radius 3 is 2.73 bits per heavy atom. The number of amides is 1. The molecule has 15 heavy (non-hydrogen) atoms. The Kier molecular flexibility index (Phi) is 3.72. The summed E-state index contributed by atoms with van der Waals surface area (Å²) in [6.45, 7) is 10.5. The Bertz CT molecular complexity index is 272. The van der Waals surface area contributed by atoms with Gasteiger partial charge in [0.1, 0.15) is 0 Å². The van der Waals surface area contributed by atoms with Crippen molar-refractivity contribution in [3.05, 3.63) is 25.3 Å². The molecule has 0 aliphatic carbocycles. The van der Waals surface area contributed by atoms with Crippen LogP contribution in [0.25, 0.3) is 0 Å². The lowest BCUT2D eigenvalue weighted by molar-refractivity contribution is -0.147. The van der Waals surface area contributed by atoms with Gasteiger partial charge in [-0.3, -0.25) is 4.79 Å². The first kappa shape index (κ1) is 12.0. The average molecular weight is 207 g/mol. The summed E-state index contributed by atoms with van der Waals surface area (Å²) >= 11 is 0. The van der Waals surface area contributed by atoms with Crippen LogP contribution >= 0.6 is 0 Å². The SMILES string of the molecule is C=CCC1CCN(C)C(=O)C1(C)CC=C. The molecule has 2 unspecified atom stereocenters. The second kappa shape index (κ2) is 4.65. The van der Waals surface area contributed by atoms with E-state index in [2.05, 4.69) is 20.1 Å². The van der Waals surface area contributed by atoms with Crippen molar-refractivity contribution in [2.24, 2.45) is 11.3 Å². The lowest BCUT2D eigenvalue weighted by atomic mass is 9.68. The van der Waals surface area contributed by atoms with E-state index in [1.807, 2.05) is 24.1 Å². The molecule has 1 aliphatic rings. The Hall–Kier alpha value is -1.05. The van der Waals surface area contributed by atoms with Crippen LogP contribution in [0.2, 0.25) is 0 Å². The van der Waals surface area contributed by atoms with E-state index < -0.39 is 0 Å². The maximum absolute atomic E-state index is 12.2. The highest BCUT2D eigenvalue weighted by Gasteiger charge is 2.44. The van der Waals surface area contributed by atoms with Crippen molar-refractivity contribution in [3.8, 4) is 0 Å². The van der Waals surface area contributed by atoms with Crippen LogP contribution in [0.3, 0.4) is 0 Å². The lowest BCUT2D eigenvalue weighted by Gasteiger charge is -2.43. The minimum Gasteiger partial charge on any atom is -0.345 e. The van der Waals surface area contributed by atoms with Crippen molar-refractivity contribution in [1.29, 1.82) is 0 Å². The molecule has 0 spiro atoms. The van der Waals surface area contributed by atoms with E-state index in [1.54, 1.807) is 0 Å².